The molecule has 128 valence electrons. The van der Waals surface area contributed by atoms with E-state index in [0.717, 1.165) is 0 Å². The molecule has 3 rings (SSSR count). The van der Waals surface area contributed by atoms with Crippen molar-refractivity contribution in [1.82, 2.24) is 9.80 Å². The Morgan fingerprint density at radius 3 is 2.26 bits per heavy atom. The highest BCUT2D eigenvalue weighted by Gasteiger charge is 2.62. The first kappa shape index (κ1) is 16.1. The van der Waals surface area contributed by atoms with E-state index in [9.17, 15) is 14.4 Å². The minimum Gasteiger partial charge on any atom is -0.469 e. The molecular formula is C16H24N2O5. The maximum Gasteiger partial charge on any atom is 0.410 e. The Kier molecular flexibility index (Phi) is 3.77. The van der Waals surface area contributed by atoms with Crippen LogP contribution in [0.4, 0.5) is 4.79 Å². The van der Waals surface area contributed by atoms with E-state index >= 15 is 0 Å². The summed E-state index contributed by atoms with van der Waals surface area (Å²) in [5, 5.41) is 0. The molecule has 2 aliphatic heterocycles. The van der Waals surface area contributed by atoms with Crippen LogP contribution >= 0.6 is 0 Å². The topological polar surface area (TPSA) is 76.2 Å². The van der Waals surface area contributed by atoms with E-state index in [1.165, 1.54) is 7.11 Å². The van der Waals surface area contributed by atoms with Crippen molar-refractivity contribution in [2.45, 2.75) is 38.8 Å². The molecule has 7 heteroatoms. The molecule has 2 amide bonds. The van der Waals surface area contributed by atoms with Crippen LogP contribution in [0.5, 0.6) is 0 Å². The van der Waals surface area contributed by atoms with Crippen LogP contribution in [0.25, 0.3) is 0 Å². The second-order valence-electron chi connectivity index (χ2n) is 7.67. The average molecular weight is 324 g/mol. The van der Waals surface area contributed by atoms with Crippen molar-refractivity contribution in [1.29, 1.82) is 0 Å². The summed E-state index contributed by atoms with van der Waals surface area (Å²) in [5.41, 5.74) is -0.498. The van der Waals surface area contributed by atoms with Crippen LogP contribution in [0.1, 0.15) is 27.2 Å². The summed E-state index contributed by atoms with van der Waals surface area (Å²) in [6, 6.07) is 0.163. The van der Waals surface area contributed by atoms with Gasteiger partial charge in [0.2, 0.25) is 5.91 Å². The first-order valence-corrected chi connectivity index (χ1v) is 8.06. The molecule has 1 aliphatic carbocycles. The number of carbonyl (C=O) groups excluding carboxylic acids is 3. The Hall–Kier alpha value is -1.79. The Balaban J connectivity index is 1.53. The molecule has 0 radical (unpaired) electrons. The summed E-state index contributed by atoms with van der Waals surface area (Å²) in [7, 11) is 1.35. The van der Waals surface area contributed by atoms with Gasteiger partial charge in [-0.1, -0.05) is 0 Å². The lowest BCUT2D eigenvalue weighted by molar-refractivity contribution is -0.145. The number of ether oxygens (including phenoxy) is 2. The number of amides is 2. The zero-order chi connectivity index (χ0) is 16.9. The standard InChI is InChI=1S/C16H24N2O5/c1-16(2,3)23-15(21)17-7-10-11(8-17)13(10)18-6-9(5-12(18)19)14(20)22-4/h9-11,13H,5-8H2,1-4H3/t9?,10-,11+,13?. The minimum absolute atomic E-state index is 0.0172. The van der Waals surface area contributed by atoms with Crippen LogP contribution in [0, 0.1) is 17.8 Å². The van der Waals surface area contributed by atoms with Crippen molar-refractivity contribution in [2.24, 2.45) is 17.8 Å². The first-order chi connectivity index (χ1) is 10.7. The normalized spacial score (nSPS) is 32.8. The van der Waals surface area contributed by atoms with Crippen LogP contribution in [0.15, 0.2) is 0 Å². The van der Waals surface area contributed by atoms with Crippen molar-refractivity contribution in [3.63, 3.8) is 0 Å². The van der Waals surface area contributed by atoms with E-state index in [0.29, 0.717) is 31.5 Å². The lowest BCUT2D eigenvalue weighted by Crippen LogP contribution is -2.40. The van der Waals surface area contributed by atoms with Gasteiger partial charge in [0.1, 0.15) is 5.60 Å². The molecule has 0 aromatic heterocycles. The molecule has 2 unspecified atom stereocenters. The molecule has 4 atom stereocenters. The number of nitrogens with zero attached hydrogens (tertiary/aromatic N) is 2. The SMILES string of the molecule is COC(=O)C1CC(=O)N(C2[C@H]3CN(C(=O)OC(C)(C)C)C[C@@H]23)C1. The second kappa shape index (κ2) is 5.39. The molecule has 0 bridgehead atoms. The van der Waals surface area contributed by atoms with Crippen LogP contribution < -0.4 is 0 Å². The zero-order valence-electron chi connectivity index (χ0n) is 14.1. The van der Waals surface area contributed by atoms with Crippen molar-refractivity contribution in [3.05, 3.63) is 0 Å². The van der Waals surface area contributed by atoms with Gasteiger partial charge in [-0.3, -0.25) is 9.59 Å². The van der Waals surface area contributed by atoms with Gasteiger partial charge in [0.05, 0.1) is 13.0 Å². The van der Waals surface area contributed by atoms with Crippen LogP contribution in [0.2, 0.25) is 0 Å². The summed E-state index contributed by atoms with van der Waals surface area (Å²) in [4.78, 5) is 39.3. The number of fused-ring (bicyclic) bond motifs is 1. The Bertz CT molecular complexity index is 529. The molecule has 0 aromatic carbocycles. The van der Waals surface area contributed by atoms with Crippen molar-refractivity contribution in [2.75, 3.05) is 26.7 Å². The van der Waals surface area contributed by atoms with Gasteiger partial charge in [0, 0.05) is 43.9 Å². The fourth-order valence-corrected chi connectivity index (χ4v) is 3.78. The smallest absolute Gasteiger partial charge is 0.410 e. The molecule has 1 saturated carbocycles. The van der Waals surface area contributed by atoms with Gasteiger partial charge in [-0.15, -0.1) is 0 Å². The molecule has 3 aliphatic rings. The van der Waals surface area contributed by atoms with E-state index in [-0.39, 0.29) is 36.4 Å². The van der Waals surface area contributed by atoms with Crippen molar-refractivity contribution in [3.8, 4) is 0 Å². The van der Waals surface area contributed by atoms with E-state index in [4.69, 9.17) is 9.47 Å². The van der Waals surface area contributed by atoms with E-state index < -0.39 is 5.60 Å². The highest BCUT2D eigenvalue weighted by atomic mass is 16.6. The lowest BCUT2D eigenvalue weighted by Gasteiger charge is -2.27. The summed E-state index contributed by atoms with van der Waals surface area (Å²) in [5.74, 6) is -0.0350. The van der Waals surface area contributed by atoms with Crippen LogP contribution in [-0.2, 0) is 19.1 Å². The molecule has 3 fully saturated rings. The van der Waals surface area contributed by atoms with Crippen LogP contribution in [0.3, 0.4) is 0 Å². The first-order valence-electron chi connectivity index (χ1n) is 8.06. The maximum atomic E-state index is 12.1. The van der Waals surface area contributed by atoms with Crippen molar-refractivity contribution >= 4 is 18.0 Å². The fraction of sp³-hybridized carbons (Fsp3) is 0.812. The number of piperidine rings is 1. The number of methoxy groups -OCH3 is 1. The second-order valence-corrected chi connectivity index (χ2v) is 7.67. The number of carbonyl (C=O) groups is 3. The predicted molar refractivity (Wildman–Crippen MR) is 80.4 cm³/mol. The van der Waals surface area contributed by atoms with Gasteiger partial charge >= 0.3 is 12.1 Å². The zero-order valence-corrected chi connectivity index (χ0v) is 14.1. The van der Waals surface area contributed by atoms with Gasteiger partial charge in [-0.25, -0.2) is 4.79 Å². The molecule has 23 heavy (non-hydrogen) atoms. The molecule has 2 saturated heterocycles. The molecule has 0 N–H and O–H groups in total. The highest BCUT2D eigenvalue weighted by molar-refractivity contribution is 5.87. The summed E-state index contributed by atoms with van der Waals surface area (Å²) in [6.07, 6.45) is -0.0538. The fourth-order valence-electron chi connectivity index (χ4n) is 3.78. The monoisotopic (exact) mass is 324 g/mol. The van der Waals surface area contributed by atoms with E-state index in [1.807, 2.05) is 25.7 Å². The molecule has 0 aromatic rings. The number of rotatable bonds is 2. The largest absolute Gasteiger partial charge is 0.469 e. The summed E-state index contributed by atoms with van der Waals surface area (Å²) < 4.78 is 10.1. The number of hydrogen-bond donors (Lipinski definition) is 0. The Morgan fingerprint density at radius 1 is 1.13 bits per heavy atom. The molecule has 7 nitrogen and oxygen atoms in total. The van der Waals surface area contributed by atoms with Crippen molar-refractivity contribution < 1.29 is 23.9 Å². The number of esters is 1. The van der Waals surface area contributed by atoms with Gasteiger partial charge in [-0.05, 0) is 20.8 Å². The van der Waals surface area contributed by atoms with Gasteiger partial charge in [0.15, 0.2) is 0 Å². The van der Waals surface area contributed by atoms with E-state index in [1.54, 1.807) is 4.90 Å². The van der Waals surface area contributed by atoms with E-state index in [2.05, 4.69) is 0 Å². The lowest BCUT2D eigenvalue weighted by atomic mass is 10.1. The maximum absolute atomic E-state index is 12.1. The van der Waals surface area contributed by atoms with Gasteiger partial charge < -0.3 is 19.3 Å². The third-order valence-electron chi connectivity index (χ3n) is 4.85. The molecule has 0 spiro atoms. The number of hydrogen-bond acceptors (Lipinski definition) is 5. The quantitative estimate of drug-likeness (QED) is 0.705. The molecular weight excluding hydrogens is 300 g/mol. The Morgan fingerprint density at radius 2 is 1.74 bits per heavy atom. The van der Waals surface area contributed by atoms with Gasteiger partial charge in [0.25, 0.3) is 0 Å². The summed E-state index contributed by atoms with van der Waals surface area (Å²) in [6.45, 7) is 7.23. The highest BCUT2D eigenvalue weighted by Crippen LogP contribution is 2.50. The predicted octanol–water partition coefficient (Wildman–Crippen LogP) is 0.873. The molecule has 2 heterocycles. The average Bonchev–Trinajstić information content (AvgIpc) is 2.83. The van der Waals surface area contributed by atoms with Gasteiger partial charge in [-0.2, -0.15) is 0 Å². The Labute approximate surface area is 135 Å². The number of likely N-dealkylation sites (tertiary alicyclic amines) is 2. The summed E-state index contributed by atoms with van der Waals surface area (Å²) >= 11 is 0. The minimum atomic E-state index is -0.498. The third kappa shape index (κ3) is 3.01. The third-order valence-corrected chi connectivity index (χ3v) is 4.85. The van der Waals surface area contributed by atoms with Crippen LogP contribution in [-0.4, -0.2) is 66.2 Å².